The summed E-state index contributed by atoms with van der Waals surface area (Å²) in [7, 11) is -4.04. The highest BCUT2D eigenvalue weighted by molar-refractivity contribution is 7.91. The van der Waals surface area contributed by atoms with Crippen molar-refractivity contribution in [3.05, 3.63) is 34.5 Å². The van der Waals surface area contributed by atoms with Crippen molar-refractivity contribution in [1.29, 1.82) is 0 Å². The molecule has 0 bridgehead atoms. The second kappa shape index (κ2) is 7.01. The van der Waals surface area contributed by atoms with Gasteiger partial charge in [0.25, 0.3) is 0 Å². The molecule has 0 saturated heterocycles. The molecule has 1 atom stereocenters. The summed E-state index contributed by atoms with van der Waals surface area (Å²) in [6.45, 7) is 1.18. The zero-order chi connectivity index (χ0) is 21.8. The zero-order valence-electron chi connectivity index (χ0n) is 15.8. The molecule has 162 valence electrons. The Bertz CT molecular complexity index is 1160. The summed E-state index contributed by atoms with van der Waals surface area (Å²) < 4.78 is 71.4. The second-order valence-corrected chi connectivity index (χ2v) is 9.03. The van der Waals surface area contributed by atoms with Gasteiger partial charge in [-0.25, -0.2) is 23.5 Å². The molecule has 0 spiro atoms. The van der Waals surface area contributed by atoms with Crippen LogP contribution in [0, 0.1) is 12.7 Å². The number of amides is 2. The van der Waals surface area contributed by atoms with Crippen LogP contribution in [0.15, 0.2) is 15.6 Å². The molecular formula is C17H18F4N6O2S. The molecule has 1 unspecified atom stereocenters. The maximum atomic E-state index is 14.1. The fourth-order valence-electron chi connectivity index (χ4n) is 3.50. The molecule has 0 radical (unpaired) electrons. The number of alkyl halides is 3. The average Bonchev–Trinajstić information content (AvgIpc) is 3.22. The molecule has 2 aliphatic rings. The van der Waals surface area contributed by atoms with E-state index in [2.05, 4.69) is 19.8 Å². The van der Waals surface area contributed by atoms with Crippen LogP contribution >= 0.6 is 0 Å². The van der Waals surface area contributed by atoms with E-state index in [1.807, 2.05) is 0 Å². The molecule has 2 amide bonds. The smallest absolute Gasteiger partial charge is 0.305 e. The van der Waals surface area contributed by atoms with Crippen LogP contribution in [0.4, 0.5) is 28.0 Å². The van der Waals surface area contributed by atoms with Crippen LogP contribution in [0.2, 0.25) is 0 Å². The van der Waals surface area contributed by atoms with Crippen molar-refractivity contribution in [3.63, 3.8) is 0 Å². The Morgan fingerprint density at radius 2 is 2.07 bits per heavy atom. The first-order valence-electron chi connectivity index (χ1n) is 9.17. The van der Waals surface area contributed by atoms with Gasteiger partial charge in [0.15, 0.2) is 15.7 Å². The van der Waals surface area contributed by atoms with Crippen molar-refractivity contribution in [2.75, 3.05) is 5.32 Å². The molecule has 30 heavy (non-hydrogen) atoms. The number of hydrogen-bond acceptors (Lipinski definition) is 4. The summed E-state index contributed by atoms with van der Waals surface area (Å²) in [6.07, 6.45) is -0.747. The predicted molar refractivity (Wildman–Crippen MR) is 98.5 cm³/mol. The van der Waals surface area contributed by atoms with Gasteiger partial charge < -0.3 is 5.32 Å². The molecular weight excluding hydrogens is 428 g/mol. The number of fused-ring (bicyclic) bond motifs is 1. The number of nitrogens with zero attached hydrogens (tertiary/aromatic N) is 4. The van der Waals surface area contributed by atoms with Gasteiger partial charge in [-0.2, -0.15) is 18.3 Å². The minimum atomic E-state index is -4.71. The minimum absolute atomic E-state index is 0.0138. The van der Waals surface area contributed by atoms with Gasteiger partial charge in [-0.3, -0.25) is 4.68 Å². The van der Waals surface area contributed by atoms with Crippen LogP contribution in [-0.2, 0) is 28.9 Å². The molecule has 2 heterocycles. The summed E-state index contributed by atoms with van der Waals surface area (Å²) in [4.78, 5) is 16.1. The van der Waals surface area contributed by atoms with E-state index in [1.165, 1.54) is 11.6 Å². The first-order valence-corrected chi connectivity index (χ1v) is 10.8. The summed E-state index contributed by atoms with van der Waals surface area (Å²) in [5, 5.41) is 11.0. The van der Waals surface area contributed by atoms with E-state index in [9.17, 15) is 26.6 Å². The van der Waals surface area contributed by atoms with Gasteiger partial charge in [-0.15, -0.1) is 4.36 Å². The Labute approximate surface area is 169 Å². The molecule has 13 heteroatoms. The van der Waals surface area contributed by atoms with Crippen molar-refractivity contribution < 1.29 is 26.6 Å². The Balaban J connectivity index is 1.69. The molecule has 2 aromatic rings. The molecule has 1 fully saturated rings. The third-order valence-corrected chi connectivity index (χ3v) is 6.31. The monoisotopic (exact) mass is 446 g/mol. The number of urea groups is 1. The van der Waals surface area contributed by atoms with Gasteiger partial charge in [0, 0.05) is 11.3 Å². The standard InChI is InChI=1S/C17H18F4N6O2S/c1-8-13(10-3-2-4-12(10)23-14(8)17(19,20)21)24-16(28)26-30(22,29)15-11(18)7-27(25-15)9-5-6-9/h7,9H,2-6H2,1H3,(H3,22,23,24,26,28,29). The Hall–Kier alpha value is -2.54. The lowest BCUT2D eigenvalue weighted by Crippen LogP contribution is -2.21. The first-order chi connectivity index (χ1) is 14.0. The highest BCUT2D eigenvalue weighted by atomic mass is 32.2. The van der Waals surface area contributed by atoms with Crippen LogP contribution in [0.5, 0.6) is 0 Å². The normalized spacial score (nSPS) is 18.1. The van der Waals surface area contributed by atoms with E-state index < -0.39 is 38.7 Å². The molecule has 3 N–H and O–H groups in total. The largest absolute Gasteiger partial charge is 0.433 e. The maximum absolute atomic E-state index is 14.1. The van der Waals surface area contributed by atoms with Crippen molar-refractivity contribution in [2.24, 2.45) is 9.50 Å². The van der Waals surface area contributed by atoms with Gasteiger partial charge in [0.1, 0.15) is 5.69 Å². The molecule has 4 rings (SSSR count). The fraction of sp³-hybridized carbons (Fsp3) is 0.471. The Morgan fingerprint density at radius 3 is 2.70 bits per heavy atom. The van der Waals surface area contributed by atoms with Gasteiger partial charge in [-0.05, 0) is 44.6 Å². The highest BCUT2D eigenvalue weighted by Gasteiger charge is 2.38. The lowest BCUT2D eigenvalue weighted by molar-refractivity contribution is -0.141. The number of aryl methyl sites for hydroxylation is 1. The predicted octanol–water partition coefficient (Wildman–Crippen LogP) is 3.50. The van der Waals surface area contributed by atoms with E-state index in [4.69, 9.17) is 5.14 Å². The Morgan fingerprint density at radius 1 is 1.37 bits per heavy atom. The lowest BCUT2D eigenvalue weighted by Gasteiger charge is -2.17. The first kappa shape index (κ1) is 20.7. The molecule has 1 saturated carbocycles. The number of hydrogen-bond donors (Lipinski definition) is 2. The van der Waals surface area contributed by atoms with Crippen LogP contribution in [-0.4, -0.2) is 25.0 Å². The molecule has 0 aliphatic heterocycles. The van der Waals surface area contributed by atoms with Crippen LogP contribution in [0.3, 0.4) is 0 Å². The van der Waals surface area contributed by atoms with Crippen LogP contribution in [0.25, 0.3) is 0 Å². The van der Waals surface area contributed by atoms with E-state index in [-0.39, 0.29) is 23.0 Å². The maximum Gasteiger partial charge on any atom is 0.433 e. The van der Waals surface area contributed by atoms with E-state index in [1.54, 1.807) is 0 Å². The highest BCUT2D eigenvalue weighted by Crippen LogP contribution is 2.39. The van der Waals surface area contributed by atoms with E-state index in [0.717, 1.165) is 19.0 Å². The van der Waals surface area contributed by atoms with Gasteiger partial charge in [0.2, 0.25) is 5.03 Å². The molecule has 8 nitrogen and oxygen atoms in total. The summed E-state index contributed by atoms with van der Waals surface area (Å²) in [5.41, 5.74) is -0.763. The lowest BCUT2D eigenvalue weighted by atomic mass is 10.1. The van der Waals surface area contributed by atoms with E-state index in [0.29, 0.717) is 24.8 Å². The molecule has 2 aliphatic carbocycles. The number of pyridine rings is 1. The van der Waals surface area contributed by atoms with Gasteiger partial charge in [0.05, 0.1) is 17.9 Å². The zero-order valence-corrected chi connectivity index (χ0v) is 16.6. The summed E-state index contributed by atoms with van der Waals surface area (Å²) >= 11 is 0. The molecule has 2 aromatic heterocycles. The SMILES string of the molecule is Cc1c(C(F)(F)F)nc2c(c1NC(=O)N=S(N)(=O)c1nn(C3CC3)cc1F)CCC2. The van der Waals surface area contributed by atoms with Crippen molar-refractivity contribution in [3.8, 4) is 0 Å². The Kier molecular flexibility index (Phi) is 4.84. The van der Waals surface area contributed by atoms with Crippen LogP contribution < -0.4 is 10.5 Å². The van der Waals surface area contributed by atoms with Crippen molar-refractivity contribution in [1.82, 2.24) is 14.8 Å². The van der Waals surface area contributed by atoms with Crippen LogP contribution in [0.1, 0.15) is 47.8 Å². The quantitative estimate of drug-likeness (QED) is 0.702. The fourth-order valence-corrected chi connectivity index (χ4v) is 4.42. The summed E-state index contributed by atoms with van der Waals surface area (Å²) in [6, 6.07) is -1.26. The number of carbonyl (C=O) groups is 1. The number of carbonyl (C=O) groups excluding carboxylic acids is 1. The number of nitrogens with one attached hydrogen (secondary N) is 1. The number of halogens is 4. The van der Waals surface area contributed by atoms with E-state index >= 15 is 0 Å². The van der Waals surface area contributed by atoms with Crippen molar-refractivity contribution >= 4 is 21.6 Å². The van der Waals surface area contributed by atoms with Crippen molar-refractivity contribution in [2.45, 2.75) is 56.3 Å². The topological polar surface area (TPSA) is 115 Å². The second-order valence-electron chi connectivity index (χ2n) is 7.32. The number of rotatable bonds is 3. The number of aromatic nitrogens is 3. The third-order valence-electron chi connectivity index (χ3n) is 5.04. The molecule has 0 aromatic carbocycles. The van der Waals surface area contributed by atoms with Gasteiger partial charge >= 0.3 is 12.2 Å². The average molecular weight is 446 g/mol. The minimum Gasteiger partial charge on any atom is -0.305 e. The number of nitrogens with two attached hydrogens (primary N) is 1. The summed E-state index contributed by atoms with van der Waals surface area (Å²) in [5.74, 6) is -0.966. The van der Waals surface area contributed by atoms with Gasteiger partial charge in [-0.1, -0.05) is 0 Å². The number of anilines is 1. The third kappa shape index (κ3) is 3.78.